The fourth-order valence-electron chi connectivity index (χ4n) is 15.8. The van der Waals surface area contributed by atoms with Gasteiger partial charge < -0.3 is 10.0 Å². The predicted octanol–water partition coefficient (Wildman–Crippen LogP) is 13.1. The Labute approximate surface area is 389 Å². The van der Waals surface area contributed by atoms with Crippen LogP contribution in [-0.4, -0.2) is 33.2 Å². The lowest BCUT2D eigenvalue weighted by molar-refractivity contribution is -0.0626. The second-order valence-electron chi connectivity index (χ2n) is 28.0. The molecule has 0 saturated carbocycles. The van der Waals surface area contributed by atoms with E-state index in [4.69, 9.17) is 0 Å². The van der Waals surface area contributed by atoms with Gasteiger partial charge in [-0.25, -0.2) is 9.37 Å². The number of hydrogen-bond donors (Lipinski definition) is 1. The van der Waals surface area contributed by atoms with E-state index in [0.29, 0.717) is 5.56 Å². The smallest absolute Gasteiger partial charge is 0.336 e. The monoisotopic (exact) mass is 868 g/mol. The average molecular weight is 868 g/mol. The van der Waals surface area contributed by atoms with Crippen molar-refractivity contribution < 1.29 is 9.90 Å². The Morgan fingerprint density at radius 1 is 0.547 bits per heavy atom. The predicted molar refractivity (Wildman–Crippen MR) is 271 cm³/mol. The quantitative estimate of drug-likeness (QED) is 0.204. The first-order valence-corrected chi connectivity index (χ1v) is 24.7. The van der Waals surface area contributed by atoms with Gasteiger partial charge in [-0.1, -0.05) is 128 Å². The molecule has 4 heterocycles. The average Bonchev–Trinajstić information content (AvgIpc) is 3.11. The first kappa shape index (κ1) is 47.1. The Kier molecular flexibility index (Phi) is 8.97. The molecule has 0 radical (unpaired) electrons. The first-order chi connectivity index (χ1) is 28.5. The minimum atomic E-state index is -0.871. The van der Waals surface area contributed by atoms with Crippen LogP contribution in [0.2, 0.25) is 0 Å². The molecule has 0 atom stereocenters. The zero-order valence-electron chi connectivity index (χ0n) is 45.7. The minimum Gasteiger partial charge on any atom is -0.478 e. The zero-order chi connectivity index (χ0) is 48.8. The second kappa shape index (κ2) is 12.2. The number of anilines is 1. The molecule has 3 aromatic carbocycles. The molecule has 1 N–H and O–H groups in total. The highest BCUT2D eigenvalue weighted by Crippen LogP contribution is 2.70. The van der Waals surface area contributed by atoms with Gasteiger partial charge in [0.1, 0.15) is 0 Å². The van der Waals surface area contributed by atoms with Gasteiger partial charge >= 0.3 is 5.97 Å². The van der Waals surface area contributed by atoms with Gasteiger partial charge in [0.15, 0.2) is 11.1 Å². The van der Waals surface area contributed by atoms with Crippen molar-refractivity contribution in [3.63, 3.8) is 0 Å². The van der Waals surface area contributed by atoms with Crippen LogP contribution in [0.3, 0.4) is 0 Å². The summed E-state index contributed by atoms with van der Waals surface area (Å²) < 4.78 is 2.89. The van der Waals surface area contributed by atoms with Crippen LogP contribution in [-0.2, 0) is 28.1 Å². The SMILES string of the molecule is Cc1ccc(C2=c3c(C)c4c5c(c3Cc3c2c(C)c2c6c3C(C)(C)C(C)(C)C(C)(C)N6C(C)(C)C(C)(C)C2(C)C)C(C)(C)C(C)(C)C(C)(C)[N+]=5C(C)(C)C(C)(C)C4(C)C)c(C(=O)O)c1. The molecule has 64 heavy (non-hydrogen) atoms. The molecule has 348 valence electrons. The van der Waals surface area contributed by atoms with Gasteiger partial charge in [0.25, 0.3) is 0 Å². The molecular weight excluding hydrogens is 781 g/mol. The number of carbonyl (C=O) groups is 1. The molecule has 0 saturated heterocycles. The van der Waals surface area contributed by atoms with Crippen LogP contribution in [0.5, 0.6) is 0 Å². The summed E-state index contributed by atoms with van der Waals surface area (Å²) in [6, 6.07) is 6.24. The van der Waals surface area contributed by atoms with Crippen molar-refractivity contribution in [2.75, 3.05) is 4.90 Å². The van der Waals surface area contributed by atoms with Crippen molar-refractivity contribution in [3.05, 3.63) is 95.5 Å². The summed E-state index contributed by atoms with van der Waals surface area (Å²) >= 11 is 0. The van der Waals surface area contributed by atoms with E-state index >= 15 is 0 Å². The maximum Gasteiger partial charge on any atom is 0.336 e. The number of carboxylic acid groups (broad SMARTS) is 1. The number of rotatable bonds is 2. The second-order valence-corrected chi connectivity index (χ2v) is 28.0. The summed E-state index contributed by atoms with van der Waals surface area (Å²) in [5.74, 6) is -0.871. The van der Waals surface area contributed by atoms with Crippen LogP contribution >= 0.6 is 0 Å². The Hall–Kier alpha value is -3.40. The van der Waals surface area contributed by atoms with Gasteiger partial charge in [-0.3, -0.25) is 0 Å². The van der Waals surface area contributed by atoms with E-state index in [2.05, 4.69) is 202 Å². The van der Waals surface area contributed by atoms with Crippen LogP contribution in [0.1, 0.15) is 238 Å². The number of benzene rings is 3. The summed E-state index contributed by atoms with van der Waals surface area (Å²) in [6.45, 7) is 67.2. The lowest BCUT2D eigenvalue weighted by Gasteiger charge is -2.73. The molecular formula is C60H87N2O2+. The van der Waals surface area contributed by atoms with Crippen LogP contribution in [0.4, 0.5) is 5.69 Å². The molecule has 0 bridgehead atoms. The topological polar surface area (TPSA) is 43.5 Å². The summed E-state index contributed by atoms with van der Waals surface area (Å²) in [6.07, 6.45) is 0.797. The standard InChI is InChI=1S/C60H86N2O2/c1-32-28-29-35(36(30-32)48(63)64)41-39-33(2)42-46-44(51(8,9)55(16,17)59(24,25)61(46)57(20,21)53(12,13)49(42,4)5)37(39)31-38-40(41)34(3)43-47-45(38)52(10,11)56(18,19)60(26,27)62(47)58(22,23)54(14,15)50(43,6)7/h28-30H,31H2,1-27H3/p+1. The van der Waals surface area contributed by atoms with Crippen molar-refractivity contribution >= 4 is 17.2 Å². The van der Waals surface area contributed by atoms with E-state index in [0.717, 1.165) is 23.1 Å². The van der Waals surface area contributed by atoms with Crippen LogP contribution in [0.15, 0.2) is 18.2 Å². The summed E-state index contributed by atoms with van der Waals surface area (Å²) in [5.41, 5.74) is 14.8. The van der Waals surface area contributed by atoms with Crippen LogP contribution in [0.25, 0.3) is 5.57 Å². The van der Waals surface area contributed by atoms with E-state index < -0.39 is 5.97 Å². The van der Waals surface area contributed by atoms with Crippen molar-refractivity contribution in [3.8, 4) is 0 Å². The van der Waals surface area contributed by atoms with Crippen LogP contribution < -0.4 is 20.1 Å². The summed E-state index contributed by atoms with van der Waals surface area (Å²) in [5, 5.41) is 14.0. The van der Waals surface area contributed by atoms with Gasteiger partial charge in [0.05, 0.1) is 5.56 Å². The maximum absolute atomic E-state index is 13.8. The van der Waals surface area contributed by atoms with E-state index in [-0.39, 0.29) is 65.5 Å². The molecule has 0 amide bonds. The van der Waals surface area contributed by atoms with E-state index in [9.17, 15) is 9.90 Å². The summed E-state index contributed by atoms with van der Waals surface area (Å²) in [7, 11) is 0. The largest absolute Gasteiger partial charge is 0.478 e. The molecule has 4 heteroatoms. The third-order valence-electron chi connectivity index (χ3n) is 23.7. The van der Waals surface area contributed by atoms with Crippen molar-refractivity contribution in [2.24, 2.45) is 21.7 Å². The Balaban J connectivity index is 1.81. The molecule has 5 aliphatic rings. The van der Waals surface area contributed by atoms with Gasteiger partial charge in [-0.15, -0.1) is 0 Å². The van der Waals surface area contributed by atoms with Crippen molar-refractivity contribution in [1.29, 1.82) is 0 Å². The van der Waals surface area contributed by atoms with E-state index in [1.165, 1.54) is 66.3 Å². The lowest BCUT2D eigenvalue weighted by atomic mass is 9.44. The Morgan fingerprint density at radius 2 is 0.984 bits per heavy atom. The van der Waals surface area contributed by atoms with Gasteiger partial charge in [-0.2, -0.15) is 0 Å². The fourth-order valence-corrected chi connectivity index (χ4v) is 15.8. The molecule has 3 aromatic rings. The van der Waals surface area contributed by atoms with Gasteiger partial charge in [-0.05, 0) is 138 Å². The minimum absolute atomic E-state index is 0.144. The summed E-state index contributed by atoms with van der Waals surface area (Å²) in [4.78, 5) is 16.7. The third kappa shape index (κ3) is 4.60. The number of nitrogens with zero attached hydrogens (tertiary/aromatic N) is 2. The zero-order valence-corrected chi connectivity index (χ0v) is 45.7. The van der Waals surface area contributed by atoms with Crippen LogP contribution in [0, 0.1) is 42.4 Å². The molecule has 8 rings (SSSR count). The molecule has 0 unspecified atom stereocenters. The third-order valence-corrected chi connectivity index (χ3v) is 23.7. The lowest BCUT2D eigenvalue weighted by Crippen LogP contribution is -2.79. The highest BCUT2D eigenvalue weighted by Gasteiger charge is 2.71. The van der Waals surface area contributed by atoms with E-state index in [1.54, 1.807) is 0 Å². The highest BCUT2D eigenvalue weighted by atomic mass is 16.4. The Bertz CT molecular complexity index is 2790. The molecule has 0 fully saturated rings. The highest BCUT2D eigenvalue weighted by molar-refractivity contribution is 6.00. The number of aromatic carboxylic acids is 1. The Morgan fingerprint density at radius 3 is 1.45 bits per heavy atom. The van der Waals surface area contributed by atoms with Gasteiger partial charge in [0.2, 0.25) is 5.36 Å². The first-order valence-electron chi connectivity index (χ1n) is 24.7. The number of fused-ring (bicyclic) bond motifs is 4. The van der Waals surface area contributed by atoms with Crippen molar-refractivity contribution in [2.45, 2.75) is 237 Å². The maximum atomic E-state index is 13.8. The molecule has 4 nitrogen and oxygen atoms in total. The van der Waals surface area contributed by atoms with Gasteiger partial charge in [0, 0.05) is 77.2 Å². The van der Waals surface area contributed by atoms with E-state index in [1.807, 2.05) is 13.0 Å². The molecule has 1 aliphatic carbocycles. The van der Waals surface area contributed by atoms with Crippen molar-refractivity contribution in [1.82, 2.24) is 4.58 Å². The molecule has 4 aliphatic heterocycles. The number of carboxylic acids is 1. The normalized spacial score (nSPS) is 26.3. The number of hydrogen-bond acceptors (Lipinski definition) is 2. The molecule has 0 spiro atoms. The molecule has 0 aromatic heterocycles. The fraction of sp³-hybridized carbons (Fsp3) is 0.667. The number of aryl methyl sites for hydroxylation is 1.